The highest BCUT2D eigenvalue weighted by Crippen LogP contribution is 2.09. The van der Waals surface area contributed by atoms with E-state index in [1.165, 1.54) is 12.1 Å². The van der Waals surface area contributed by atoms with Crippen LogP contribution < -0.4 is 10.6 Å². The predicted octanol–water partition coefficient (Wildman–Crippen LogP) is 1.62. The molecule has 18 heavy (non-hydrogen) atoms. The lowest BCUT2D eigenvalue weighted by Gasteiger charge is -2.22. The molecule has 0 heterocycles. The molecule has 0 aliphatic rings. The molecule has 1 rings (SSSR count). The van der Waals surface area contributed by atoms with Gasteiger partial charge in [-0.25, -0.2) is 8.78 Å². The minimum absolute atomic E-state index is 0.160. The van der Waals surface area contributed by atoms with Crippen molar-refractivity contribution in [3.63, 3.8) is 0 Å². The molecule has 1 amide bonds. The fourth-order valence-corrected chi connectivity index (χ4v) is 1.37. The molecular formula is C13H18F2N2O. The van der Waals surface area contributed by atoms with Gasteiger partial charge >= 0.3 is 0 Å². The van der Waals surface area contributed by atoms with Crippen LogP contribution in [0.2, 0.25) is 0 Å². The third kappa shape index (κ3) is 3.77. The third-order valence-corrected chi connectivity index (χ3v) is 2.89. The second-order valence-electron chi connectivity index (χ2n) is 4.62. The van der Waals surface area contributed by atoms with E-state index in [0.717, 1.165) is 6.07 Å². The molecule has 0 unspecified atom stereocenters. The summed E-state index contributed by atoms with van der Waals surface area (Å²) in [6, 6.07) is 3.44. The molecule has 0 aliphatic carbocycles. The maximum atomic E-state index is 13.3. The Morgan fingerprint density at radius 2 is 2.00 bits per heavy atom. The Kier molecular flexibility index (Phi) is 4.78. The van der Waals surface area contributed by atoms with E-state index in [1.54, 1.807) is 20.9 Å². The zero-order chi connectivity index (χ0) is 13.8. The molecule has 3 nitrogen and oxygen atoms in total. The lowest BCUT2D eigenvalue weighted by atomic mass is 10.0. The van der Waals surface area contributed by atoms with E-state index < -0.39 is 17.2 Å². The number of nitrogens with one attached hydrogen (secondary N) is 2. The maximum absolute atomic E-state index is 13.3. The number of carbonyl (C=O) groups is 1. The minimum Gasteiger partial charge on any atom is -0.354 e. The van der Waals surface area contributed by atoms with E-state index in [1.807, 2.05) is 0 Å². The highest BCUT2D eigenvalue weighted by molar-refractivity contribution is 5.85. The average molecular weight is 256 g/mol. The van der Waals surface area contributed by atoms with E-state index in [9.17, 15) is 13.6 Å². The van der Waals surface area contributed by atoms with E-state index in [2.05, 4.69) is 10.6 Å². The van der Waals surface area contributed by atoms with Gasteiger partial charge in [0, 0.05) is 12.6 Å². The van der Waals surface area contributed by atoms with Gasteiger partial charge in [0.2, 0.25) is 5.91 Å². The molecule has 1 aromatic rings. The van der Waals surface area contributed by atoms with Gasteiger partial charge in [-0.1, -0.05) is 6.07 Å². The monoisotopic (exact) mass is 256 g/mol. The normalized spacial score (nSPS) is 11.4. The molecular weight excluding hydrogens is 238 g/mol. The Morgan fingerprint density at radius 3 is 2.56 bits per heavy atom. The summed E-state index contributed by atoms with van der Waals surface area (Å²) in [5.74, 6) is -1.35. The summed E-state index contributed by atoms with van der Waals surface area (Å²) in [6.07, 6.45) is 0.331. The van der Waals surface area contributed by atoms with Crippen LogP contribution in [0.3, 0.4) is 0 Å². The van der Waals surface area contributed by atoms with Gasteiger partial charge in [0.1, 0.15) is 11.6 Å². The third-order valence-electron chi connectivity index (χ3n) is 2.89. The number of benzene rings is 1. The van der Waals surface area contributed by atoms with Gasteiger partial charge in [-0.2, -0.15) is 0 Å². The first kappa shape index (κ1) is 14.6. The topological polar surface area (TPSA) is 41.1 Å². The standard InChI is InChI=1S/C13H18F2N2O/c1-13(2,16-3)12(18)17-7-6-9-4-5-10(14)8-11(9)15/h4-5,8,16H,6-7H2,1-3H3,(H,17,18). The summed E-state index contributed by atoms with van der Waals surface area (Å²) in [7, 11) is 1.69. The molecule has 0 aliphatic heterocycles. The molecule has 100 valence electrons. The summed E-state index contributed by atoms with van der Waals surface area (Å²) in [5.41, 5.74) is -0.277. The summed E-state index contributed by atoms with van der Waals surface area (Å²) in [6.45, 7) is 3.81. The summed E-state index contributed by atoms with van der Waals surface area (Å²) in [4.78, 5) is 11.7. The van der Waals surface area contributed by atoms with Crippen molar-refractivity contribution in [2.75, 3.05) is 13.6 Å². The molecule has 0 fully saturated rings. The number of likely N-dealkylation sites (N-methyl/N-ethyl adjacent to an activating group) is 1. The first-order chi connectivity index (χ1) is 8.36. The smallest absolute Gasteiger partial charge is 0.239 e. The van der Waals surface area contributed by atoms with Gasteiger partial charge in [-0.15, -0.1) is 0 Å². The highest BCUT2D eigenvalue weighted by atomic mass is 19.1. The van der Waals surface area contributed by atoms with E-state index in [4.69, 9.17) is 0 Å². The molecule has 0 spiro atoms. The molecule has 0 atom stereocenters. The van der Waals surface area contributed by atoms with Crippen molar-refractivity contribution >= 4 is 5.91 Å². The van der Waals surface area contributed by atoms with Gasteiger partial charge in [0.05, 0.1) is 5.54 Å². The van der Waals surface area contributed by atoms with E-state index in [0.29, 0.717) is 18.5 Å². The van der Waals surface area contributed by atoms with Crippen LogP contribution in [-0.2, 0) is 11.2 Å². The van der Waals surface area contributed by atoms with Crippen molar-refractivity contribution in [2.24, 2.45) is 0 Å². The van der Waals surface area contributed by atoms with Gasteiger partial charge < -0.3 is 10.6 Å². The summed E-state index contributed by atoms with van der Waals surface area (Å²) >= 11 is 0. The van der Waals surface area contributed by atoms with Crippen LogP contribution in [0.4, 0.5) is 8.78 Å². The first-order valence-corrected chi connectivity index (χ1v) is 5.78. The zero-order valence-electron chi connectivity index (χ0n) is 10.8. The molecule has 1 aromatic carbocycles. The van der Waals surface area contributed by atoms with Crippen molar-refractivity contribution in [3.8, 4) is 0 Å². The molecule has 5 heteroatoms. The number of hydrogen-bond acceptors (Lipinski definition) is 2. The van der Waals surface area contributed by atoms with Crippen LogP contribution >= 0.6 is 0 Å². The van der Waals surface area contributed by atoms with Crippen LogP contribution in [0, 0.1) is 11.6 Å². The van der Waals surface area contributed by atoms with Gasteiger partial charge in [0.15, 0.2) is 0 Å². The Morgan fingerprint density at radius 1 is 1.33 bits per heavy atom. The minimum atomic E-state index is -0.665. The first-order valence-electron chi connectivity index (χ1n) is 5.78. The molecule has 0 saturated carbocycles. The molecule has 0 aromatic heterocycles. The van der Waals surface area contributed by atoms with E-state index >= 15 is 0 Å². The zero-order valence-corrected chi connectivity index (χ0v) is 10.8. The number of amides is 1. The molecule has 0 saturated heterocycles. The average Bonchev–Trinajstić information content (AvgIpc) is 2.31. The Labute approximate surface area is 106 Å². The lowest BCUT2D eigenvalue weighted by Crippen LogP contribution is -2.51. The quantitative estimate of drug-likeness (QED) is 0.840. The van der Waals surface area contributed by atoms with Crippen molar-refractivity contribution in [1.29, 1.82) is 0 Å². The molecule has 0 bridgehead atoms. The van der Waals surface area contributed by atoms with E-state index in [-0.39, 0.29) is 5.91 Å². The number of carbonyl (C=O) groups excluding carboxylic acids is 1. The number of halogens is 2. The Bertz CT molecular complexity index is 433. The van der Waals surface area contributed by atoms with Gasteiger partial charge in [-0.3, -0.25) is 4.79 Å². The molecule has 2 N–H and O–H groups in total. The Balaban J connectivity index is 2.50. The largest absolute Gasteiger partial charge is 0.354 e. The van der Waals surface area contributed by atoms with Crippen molar-refractivity contribution in [3.05, 3.63) is 35.4 Å². The fourth-order valence-electron chi connectivity index (χ4n) is 1.37. The summed E-state index contributed by atoms with van der Waals surface area (Å²) < 4.78 is 26.0. The number of hydrogen-bond donors (Lipinski definition) is 2. The second kappa shape index (κ2) is 5.91. The highest BCUT2D eigenvalue weighted by Gasteiger charge is 2.24. The predicted molar refractivity (Wildman–Crippen MR) is 66.2 cm³/mol. The van der Waals surface area contributed by atoms with Crippen LogP contribution in [0.5, 0.6) is 0 Å². The van der Waals surface area contributed by atoms with Crippen LogP contribution in [0.1, 0.15) is 19.4 Å². The van der Waals surface area contributed by atoms with Gasteiger partial charge in [-0.05, 0) is 38.9 Å². The fraction of sp³-hybridized carbons (Fsp3) is 0.462. The van der Waals surface area contributed by atoms with Gasteiger partial charge in [0.25, 0.3) is 0 Å². The van der Waals surface area contributed by atoms with Crippen molar-refractivity contribution in [2.45, 2.75) is 25.8 Å². The van der Waals surface area contributed by atoms with Crippen LogP contribution in [-0.4, -0.2) is 25.0 Å². The second-order valence-corrected chi connectivity index (χ2v) is 4.62. The van der Waals surface area contributed by atoms with Crippen LogP contribution in [0.15, 0.2) is 18.2 Å². The number of rotatable bonds is 5. The lowest BCUT2D eigenvalue weighted by molar-refractivity contribution is -0.126. The van der Waals surface area contributed by atoms with Crippen LogP contribution in [0.25, 0.3) is 0 Å². The maximum Gasteiger partial charge on any atom is 0.239 e. The summed E-state index contributed by atoms with van der Waals surface area (Å²) in [5, 5.41) is 5.58. The SMILES string of the molecule is CNC(C)(C)C(=O)NCCc1ccc(F)cc1F. The molecule has 0 radical (unpaired) electrons. The van der Waals surface area contributed by atoms with Crippen molar-refractivity contribution < 1.29 is 13.6 Å². The Hall–Kier alpha value is -1.49. The van der Waals surface area contributed by atoms with Crippen molar-refractivity contribution in [1.82, 2.24) is 10.6 Å².